The number of hydrogen-bond donors (Lipinski definition) is 2. The molecular weight excluding hydrogens is 266 g/mol. The molecule has 21 heavy (non-hydrogen) atoms. The van der Waals surface area contributed by atoms with Crippen molar-refractivity contribution in [2.45, 2.75) is 6.92 Å². The number of aromatic nitrogens is 4. The Morgan fingerprint density at radius 3 is 2.81 bits per heavy atom. The van der Waals surface area contributed by atoms with Gasteiger partial charge in [-0.2, -0.15) is 10.4 Å². The summed E-state index contributed by atoms with van der Waals surface area (Å²) in [6, 6.07) is 10.4. The molecule has 0 atom stereocenters. The number of nitrogens with one attached hydrogen (secondary N) is 1. The molecule has 0 unspecified atom stereocenters. The van der Waals surface area contributed by atoms with Crippen LogP contribution in [0.15, 0.2) is 36.5 Å². The summed E-state index contributed by atoms with van der Waals surface area (Å²) < 4.78 is 0. The van der Waals surface area contributed by atoms with Gasteiger partial charge in [-0.05, 0) is 37.3 Å². The second kappa shape index (κ2) is 5.06. The van der Waals surface area contributed by atoms with Crippen molar-refractivity contribution in [3.05, 3.63) is 47.8 Å². The number of nitriles is 1. The number of H-pyrrole nitrogens is 1. The van der Waals surface area contributed by atoms with E-state index in [1.807, 2.05) is 25.1 Å². The normalized spacial score (nSPS) is 10.3. The predicted molar refractivity (Wildman–Crippen MR) is 76.2 cm³/mol. The zero-order valence-corrected chi connectivity index (χ0v) is 11.2. The molecule has 0 saturated carbocycles. The molecule has 102 valence electrons. The fourth-order valence-electron chi connectivity index (χ4n) is 1.98. The highest BCUT2D eigenvalue weighted by Gasteiger charge is 2.10. The lowest BCUT2D eigenvalue weighted by Crippen LogP contribution is -1.85. The lowest BCUT2D eigenvalue weighted by atomic mass is 10.1. The van der Waals surface area contributed by atoms with E-state index in [1.54, 1.807) is 18.3 Å². The Balaban J connectivity index is 2.01. The molecule has 0 amide bonds. The van der Waals surface area contributed by atoms with E-state index in [0.29, 0.717) is 17.2 Å². The maximum absolute atomic E-state index is 9.52. The first kappa shape index (κ1) is 12.8. The molecule has 6 heteroatoms. The Morgan fingerprint density at radius 2 is 2.05 bits per heavy atom. The van der Waals surface area contributed by atoms with Gasteiger partial charge in [-0.25, -0.2) is 4.98 Å². The van der Waals surface area contributed by atoms with Crippen LogP contribution in [0.2, 0.25) is 0 Å². The Kier molecular flexibility index (Phi) is 3.09. The van der Waals surface area contributed by atoms with Crippen LogP contribution < -0.4 is 0 Å². The smallest absolute Gasteiger partial charge is 0.181 e. The van der Waals surface area contributed by atoms with Gasteiger partial charge in [-0.3, -0.25) is 10.1 Å². The highest BCUT2D eigenvalue weighted by Crippen LogP contribution is 2.24. The van der Waals surface area contributed by atoms with Crippen molar-refractivity contribution in [3.63, 3.8) is 0 Å². The third-order valence-corrected chi connectivity index (χ3v) is 3.03. The summed E-state index contributed by atoms with van der Waals surface area (Å²) in [5.41, 5.74) is 2.64. The number of phenols is 1. The van der Waals surface area contributed by atoms with Gasteiger partial charge in [-0.1, -0.05) is 0 Å². The molecular formula is C15H11N5O. The largest absolute Gasteiger partial charge is 0.507 e. The van der Waals surface area contributed by atoms with Gasteiger partial charge in [0, 0.05) is 23.0 Å². The van der Waals surface area contributed by atoms with Crippen LogP contribution in [-0.4, -0.2) is 25.3 Å². The minimum Gasteiger partial charge on any atom is -0.507 e. The molecule has 0 bridgehead atoms. The van der Waals surface area contributed by atoms with Gasteiger partial charge in [0.2, 0.25) is 0 Å². The number of rotatable bonds is 2. The van der Waals surface area contributed by atoms with Crippen LogP contribution in [0, 0.1) is 18.3 Å². The first-order valence-corrected chi connectivity index (χ1v) is 6.26. The number of aromatic hydroxyl groups is 1. The number of nitrogens with zero attached hydrogens (tertiary/aromatic N) is 4. The highest BCUT2D eigenvalue weighted by atomic mass is 16.3. The average Bonchev–Trinajstić information content (AvgIpc) is 2.97. The van der Waals surface area contributed by atoms with E-state index < -0.39 is 0 Å². The first-order valence-electron chi connectivity index (χ1n) is 6.26. The summed E-state index contributed by atoms with van der Waals surface area (Å²) in [5, 5.41) is 25.5. The van der Waals surface area contributed by atoms with E-state index in [0.717, 1.165) is 11.3 Å². The van der Waals surface area contributed by atoms with Gasteiger partial charge in [0.1, 0.15) is 11.8 Å². The molecule has 0 radical (unpaired) electrons. The second-order valence-electron chi connectivity index (χ2n) is 4.54. The molecule has 0 spiro atoms. The maximum atomic E-state index is 9.52. The number of aryl methyl sites for hydroxylation is 1. The summed E-state index contributed by atoms with van der Waals surface area (Å²) in [5.74, 6) is 1.04. The van der Waals surface area contributed by atoms with Gasteiger partial charge in [0.05, 0.1) is 5.56 Å². The molecule has 3 rings (SSSR count). The average molecular weight is 277 g/mol. The first-order chi connectivity index (χ1) is 10.2. The third-order valence-electron chi connectivity index (χ3n) is 3.03. The Labute approximate surface area is 120 Å². The SMILES string of the molecule is Cc1cc(-c2nc(-c3ccc(O)c(C#N)c3)n[nH]2)ccn1. The Morgan fingerprint density at radius 1 is 1.19 bits per heavy atom. The van der Waals surface area contributed by atoms with Crippen molar-refractivity contribution in [2.75, 3.05) is 0 Å². The number of benzene rings is 1. The van der Waals surface area contributed by atoms with E-state index in [1.165, 1.54) is 6.07 Å². The van der Waals surface area contributed by atoms with Gasteiger partial charge in [0.15, 0.2) is 11.6 Å². The molecule has 0 saturated heterocycles. The van der Waals surface area contributed by atoms with Crippen molar-refractivity contribution in [1.82, 2.24) is 20.2 Å². The topological polar surface area (TPSA) is 98.5 Å². The van der Waals surface area contributed by atoms with Crippen molar-refractivity contribution in [3.8, 4) is 34.6 Å². The Hall–Kier alpha value is -3.20. The summed E-state index contributed by atoms with van der Waals surface area (Å²) in [6.07, 6.45) is 1.71. The van der Waals surface area contributed by atoms with Crippen LogP contribution >= 0.6 is 0 Å². The predicted octanol–water partition coefficient (Wildman–Crippen LogP) is 2.42. The lowest BCUT2D eigenvalue weighted by molar-refractivity contribution is 0.473. The van der Waals surface area contributed by atoms with Gasteiger partial charge < -0.3 is 5.11 Å². The second-order valence-corrected chi connectivity index (χ2v) is 4.54. The summed E-state index contributed by atoms with van der Waals surface area (Å²) in [4.78, 5) is 8.55. The van der Waals surface area contributed by atoms with E-state index in [9.17, 15) is 5.11 Å². The molecule has 1 aromatic carbocycles. The molecule has 0 aliphatic carbocycles. The maximum Gasteiger partial charge on any atom is 0.181 e. The zero-order valence-electron chi connectivity index (χ0n) is 11.2. The van der Waals surface area contributed by atoms with Crippen molar-refractivity contribution >= 4 is 0 Å². The van der Waals surface area contributed by atoms with Gasteiger partial charge in [0.25, 0.3) is 0 Å². The number of phenolic OH excluding ortho intramolecular Hbond substituents is 1. The number of hydrogen-bond acceptors (Lipinski definition) is 5. The van der Waals surface area contributed by atoms with Crippen molar-refractivity contribution in [2.24, 2.45) is 0 Å². The Bertz CT molecular complexity index is 847. The van der Waals surface area contributed by atoms with E-state index >= 15 is 0 Å². The minimum absolute atomic E-state index is 0.0539. The van der Waals surface area contributed by atoms with Crippen LogP contribution in [-0.2, 0) is 0 Å². The van der Waals surface area contributed by atoms with Gasteiger partial charge >= 0.3 is 0 Å². The molecule has 3 aromatic rings. The summed E-state index contributed by atoms with van der Waals surface area (Å²) >= 11 is 0. The van der Waals surface area contributed by atoms with Crippen molar-refractivity contribution < 1.29 is 5.11 Å². The zero-order chi connectivity index (χ0) is 14.8. The molecule has 2 N–H and O–H groups in total. The van der Waals surface area contributed by atoms with Crippen LogP contribution in [0.3, 0.4) is 0 Å². The lowest BCUT2D eigenvalue weighted by Gasteiger charge is -1.98. The minimum atomic E-state index is -0.0539. The fourth-order valence-corrected chi connectivity index (χ4v) is 1.98. The summed E-state index contributed by atoms with van der Waals surface area (Å²) in [6.45, 7) is 1.90. The van der Waals surface area contributed by atoms with Crippen LogP contribution in [0.25, 0.3) is 22.8 Å². The molecule has 6 nitrogen and oxygen atoms in total. The molecule has 0 aliphatic rings. The number of aromatic amines is 1. The standard InChI is InChI=1S/C15H11N5O/c1-9-6-11(4-5-17-9)15-18-14(19-20-15)10-2-3-13(21)12(7-10)8-16/h2-7,21H,1H3,(H,18,19,20). The van der Waals surface area contributed by atoms with Gasteiger partial charge in [-0.15, -0.1) is 0 Å². The van der Waals surface area contributed by atoms with Crippen molar-refractivity contribution in [1.29, 1.82) is 5.26 Å². The molecule has 0 fully saturated rings. The highest BCUT2D eigenvalue weighted by molar-refractivity contribution is 5.64. The monoisotopic (exact) mass is 277 g/mol. The van der Waals surface area contributed by atoms with Crippen LogP contribution in [0.1, 0.15) is 11.3 Å². The summed E-state index contributed by atoms with van der Waals surface area (Å²) in [7, 11) is 0. The van der Waals surface area contributed by atoms with E-state index in [-0.39, 0.29) is 11.3 Å². The van der Waals surface area contributed by atoms with Crippen LogP contribution in [0.5, 0.6) is 5.75 Å². The molecule has 0 aliphatic heterocycles. The third kappa shape index (κ3) is 2.44. The number of pyridine rings is 1. The fraction of sp³-hybridized carbons (Fsp3) is 0.0667. The molecule has 2 heterocycles. The quantitative estimate of drug-likeness (QED) is 0.749. The van der Waals surface area contributed by atoms with E-state index in [2.05, 4.69) is 20.2 Å². The molecule has 2 aromatic heterocycles. The van der Waals surface area contributed by atoms with Crippen LogP contribution in [0.4, 0.5) is 0 Å². The van der Waals surface area contributed by atoms with E-state index in [4.69, 9.17) is 5.26 Å².